The van der Waals surface area contributed by atoms with E-state index in [9.17, 15) is 25.0 Å². The number of carbonyl (C=O) groups excluding carboxylic acids is 1. The lowest BCUT2D eigenvalue weighted by molar-refractivity contribution is -0.392. The van der Waals surface area contributed by atoms with Gasteiger partial charge in [0.05, 0.1) is 15.4 Å². The Bertz CT molecular complexity index is 1610. The average Bonchev–Trinajstić information content (AvgIpc) is 2.85. The van der Waals surface area contributed by atoms with Crippen LogP contribution in [0.15, 0.2) is 66.7 Å². The summed E-state index contributed by atoms with van der Waals surface area (Å²) < 4.78 is 0. The number of hydrogen-bond donors (Lipinski definition) is 1. The normalized spacial score (nSPS) is 11.3. The summed E-state index contributed by atoms with van der Waals surface area (Å²) >= 11 is 0. The van der Waals surface area contributed by atoms with Crippen molar-refractivity contribution in [3.05, 3.63) is 98.1 Å². The van der Waals surface area contributed by atoms with Gasteiger partial charge in [-0.1, -0.05) is 54.6 Å². The molecule has 5 aromatic carbocycles. The van der Waals surface area contributed by atoms with Crippen molar-refractivity contribution in [3.63, 3.8) is 0 Å². The number of anilines is 1. The molecule has 0 aliphatic rings. The van der Waals surface area contributed by atoms with Crippen molar-refractivity contribution in [2.45, 2.75) is 6.54 Å². The molecule has 1 N–H and O–H groups in total. The number of nitro benzene ring substituents is 2. The Hall–Kier alpha value is -4.79. The molecule has 0 saturated carbocycles. The lowest BCUT2D eigenvalue weighted by Crippen LogP contribution is -2.24. The highest BCUT2D eigenvalue weighted by atomic mass is 16.6. The highest BCUT2D eigenvalue weighted by Crippen LogP contribution is 2.38. The Morgan fingerprint density at radius 2 is 1.37 bits per heavy atom. The topological polar surface area (TPSA) is 119 Å². The second kappa shape index (κ2) is 8.21. The van der Waals surface area contributed by atoms with E-state index in [1.165, 1.54) is 19.0 Å². The van der Waals surface area contributed by atoms with Gasteiger partial charge >= 0.3 is 0 Å². The first kappa shape index (κ1) is 22.0. The number of nitrogens with one attached hydrogen (secondary N) is 1. The molecule has 0 fully saturated rings. The maximum absolute atomic E-state index is 12.9. The lowest BCUT2D eigenvalue weighted by Gasteiger charge is -2.15. The predicted octanol–water partition coefficient (Wildman–Crippen LogP) is 5.40. The number of carbonyl (C=O) groups is 1. The highest BCUT2D eigenvalue weighted by Gasteiger charge is 2.30. The Labute approximate surface area is 199 Å². The third-order valence-electron chi connectivity index (χ3n) is 6.23. The molecular weight excluding hydrogens is 448 g/mol. The minimum absolute atomic E-state index is 0.147. The molecule has 0 aromatic heterocycles. The van der Waals surface area contributed by atoms with E-state index in [1.54, 1.807) is 0 Å². The molecule has 35 heavy (non-hydrogen) atoms. The molecule has 0 aliphatic heterocycles. The van der Waals surface area contributed by atoms with Gasteiger partial charge in [-0.3, -0.25) is 25.0 Å². The van der Waals surface area contributed by atoms with Crippen LogP contribution < -0.4 is 10.2 Å². The Kier molecular flexibility index (Phi) is 5.17. The number of benzene rings is 5. The number of hydrogen-bond acceptors (Lipinski definition) is 6. The molecule has 0 heterocycles. The zero-order chi connectivity index (χ0) is 24.9. The van der Waals surface area contributed by atoms with Crippen LogP contribution >= 0.6 is 0 Å². The maximum Gasteiger partial charge on any atom is 0.300 e. The molecule has 0 atom stereocenters. The minimum atomic E-state index is -0.722. The van der Waals surface area contributed by atoms with E-state index < -0.39 is 27.1 Å². The van der Waals surface area contributed by atoms with E-state index >= 15 is 0 Å². The van der Waals surface area contributed by atoms with Crippen molar-refractivity contribution >= 4 is 55.3 Å². The number of nitro groups is 2. The van der Waals surface area contributed by atoms with Gasteiger partial charge in [0.15, 0.2) is 5.69 Å². The summed E-state index contributed by atoms with van der Waals surface area (Å²) in [7, 11) is 2.95. The summed E-state index contributed by atoms with van der Waals surface area (Å²) in [6.07, 6.45) is 0. The highest BCUT2D eigenvalue weighted by molar-refractivity contribution is 6.23. The molecule has 0 saturated heterocycles. The van der Waals surface area contributed by atoms with Crippen LogP contribution in [0.5, 0.6) is 0 Å². The van der Waals surface area contributed by atoms with Crippen molar-refractivity contribution < 1.29 is 14.6 Å². The van der Waals surface area contributed by atoms with Gasteiger partial charge in [-0.2, -0.15) is 0 Å². The van der Waals surface area contributed by atoms with Crippen LogP contribution in [0.3, 0.4) is 0 Å². The summed E-state index contributed by atoms with van der Waals surface area (Å²) in [6, 6.07) is 20.4. The van der Waals surface area contributed by atoms with Crippen LogP contribution in [0, 0.1) is 20.2 Å². The quantitative estimate of drug-likeness (QED) is 0.203. The van der Waals surface area contributed by atoms with Crippen molar-refractivity contribution in [3.8, 4) is 0 Å². The van der Waals surface area contributed by atoms with Crippen LogP contribution in [-0.4, -0.2) is 29.8 Å². The van der Waals surface area contributed by atoms with Crippen LogP contribution in [0.4, 0.5) is 17.1 Å². The van der Waals surface area contributed by atoms with Gasteiger partial charge in [0, 0.05) is 32.8 Å². The van der Waals surface area contributed by atoms with E-state index in [0.717, 1.165) is 50.0 Å². The summed E-state index contributed by atoms with van der Waals surface area (Å²) in [6.45, 7) is 0.157. The van der Waals surface area contributed by atoms with Gasteiger partial charge in [0.2, 0.25) is 0 Å². The fraction of sp³-hybridized carbons (Fsp3) is 0.115. The minimum Gasteiger partial charge on any atom is -0.366 e. The van der Waals surface area contributed by atoms with Crippen LogP contribution in [0.2, 0.25) is 0 Å². The molecular formula is C26H20N4O5. The zero-order valence-electron chi connectivity index (χ0n) is 18.9. The molecule has 1 amide bonds. The molecule has 5 rings (SSSR count). The van der Waals surface area contributed by atoms with E-state index in [1.807, 2.05) is 30.3 Å². The second-order valence-electron chi connectivity index (χ2n) is 8.54. The largest absolute Gasteiger partial charge is 0.366 e. The van der Waals surface area contributed by atoms with Gasteiger partial charge in [-0.05, 0) is 37.9 Å². The molecule has 0 bridgehead atoms. The van der Waals surface area contributed by atoms with Crippen molar-refractivity contribution in [2.75, 3.05) is 19.0 Å². The Balaban J connectivity index is 1.53. The third-order valence-corrected chi connectivity index (χ3v) is 6.23. The maximum atomic E-state index is 12.9. The van der Waals surface area contributed by atoms with Crippen molar-refractivity contribution in [1.82, 2.24) is 5.32 Å². The van der Waals surface area contributed by atoms with E-state index in [-0.39, 0.29) is 17.8 Å². The molecule has 9 nitrogen and oxygen atoms in total. The molecule has 0 spiro atoms. The van der Waals surface area contributed by atoms with Gasteiger partial charge in [-0.25, -0.2) is 0 Å². The van der Waals surface area contributed by atoms with E-state index in [4.69, 9.17) is 0 Å². The molecule has 0 unspecified atom stereocenters. The fourth-order valence-corrected chi connectivity index (χ4v) is 4.70. The SMILES string of the molecule is CN(C)c1c([N+](=O)[O-])cc(C(=O)NCc2ccc3ccc4cccc5ccc2c3c45)cc1[N+](=O)[O-]. The predicted molar refractivity (Wildman–Crippen MR) is 135 cm³/mol. The smallest absolute Gasteiger partial charge is 0.300 e. The van der Waals surface area contributed by atoms with E-state index in [0.29, 0.717) is 0 Å². The fourth-order valence-electron chi connectivity index (χ4n) is 4.70. The van der Waals surface area contributed by atoms with Gasteiger partial charge in [0.1, 0.15) is 0 Å². The first-order valence-electron chi connectivity index (χ1n) is 10.8. The van der Waals surface area contributed by atoms with Crippen molar-refractivity contribution in [2.24, 2.45) is 0 Å². The Morgan fingerprint density at radius 1 is 0.829 bits per heavy atom. The zero-order valence-corrected chi connectivity index (χ0v) is 18.9. The summed E-state index contributed by atoms with van der Waals surface area (Å²) in [5.41, 5.74) is -0.442. The monoisotopic (exact) mass is 468 g/mol. The van der Waals surface area contributed by atoms with Gasteiger partial charge in [0.25, 0.3) is 17.3 Å². The van der Waals surface area contributed by atoms with Crippen molar-refractivity contribution in [1.29, 1.82) is 0 Å². The lowest BCUT2D eigenvalue weighted by atomic mass is 9.92. The Morgan fingerprint density at radius 3 is 1.94 bits per heavy atom. The van der Waals surface area contributed by atoms with Crippen LogP contribution in [0.25, 0.3) is 32.3 Å². The third kappa shape index (κ3) is 3.63. The summed E-state index contributed by atoms with van der Waals surface area (Å²) in [5, 5.41) is 32.6. The number of amides is 1. The molecule has 5 aromatic rings. The molecule has 174 valence electrons. The standard InChI is InChI=1S/C26H20N4O5/c1-28(2)25-21(29(32)33)12-19(13-22(25)30(34)35)26(31)27-14-18-9-8-17-7-6-15-4-3-5-16-10-11-20(18)24(17)23(15)16/h3-13H,14H2,1-2H3,(H,27,31). The second-order valence-corrected chi connectivity index (χ2v) is 8.54. The average molecular weight is 468 g/mol. The van der Waals surface area contributed by atoms with Crippen LogP contribution in [0.1, 0.15) is 15.9 Å². The molecule has 0 radical (unpaired) electrons. The van der Waals surface area contributed by atoms with Gasteiger partial charge in [-0.15, -0.1) is 0 Å². The van der Waals surface area contributed by atoms with E-state index in [2.05, 4.69) is 29.6 Å². The van der Waals surface area contributed by atoms with Crippen LogP contribution in [-0.2, 0) is 6.54 Å². The number of rotatable bonds is 6. The summed E-state index contributed by atoms with van der Waals surface area (Å²) in [5.74, 6) is -0.632. The summed E-state index contributed by atoms with van der Waals surface area (Å²) in [4.78, 5) is 36.0. The molecule has 9 heteroatoms. The van der Waals surface area contributed by atoms with Gasteiger partial charge < -0.3 is 10.2 Å². The first-order valence-corrected chi connectivity index (χ1v) is 10.8. The first-order chi connectivity index (χ1) is 16.8. The number of nitrogens with zero attached hydrogens (tertiary/aromatic N) is 3. The molecule has 0 aliphatic carbocycles.